The van der Waals surface area contributed by atoms with Crippen LogP contribution in [-0.4, -0.2) is 22.1 Å². The number of amides is 1. The number of unbranched alkanes of at least 4 members (excludes halogenated alkanes) is 12. The Morgan fingerprint density at radius 3 is 1.72 bits per heavy atom. The van der Waals surface area contributed by atoms with Crippen LogP contribution >= 0.6 is 63.7 Å². The van der Waals surface area contributed by atoms with Crippen LogP contribution in [0.2, 0.25) is 0 Å². The zero-order valence-corrected chi connectivity index (χ0v) is 32.7. The molecule has 11 heteroatoms. The summed E-state index contributed by atoms with van der Waals surface area (Å²) in [6, 6.07) is 8.47. The number of halogens is 4. The second-order valence-electron chi connectivity index (χ2n) is 12.3. The number of esters is 1. The highest BCUT2D eigenvalue weighted by Crippen LogP contribution is 2.62. The number of hydrogen-bond acceptors (Lipinski definition) is 6. The minimum Gasteiger partial charge on any atom is -0.505 e. The Hall–Kier alpha value is -2.08. The van der Waals surface area contributed by atoms with Crippen molar-refractivity contribution in [2.75, 3.05) is 5.32 Å². The van der Waals surface area contributed by atoms with E-state index in [4.69, 9.17) is 9.47 Å². The van der Waals surface area contributed by atoms with Gasteiger partial charge in [0, 0.05) is 17.7 Å². The Morgan fingerprint density at radius 1 is 0.723 bits per heavy atom. The van der Waals surface area contributed by atoms with Crippen molar-refractivity contribution in [1.29, 1.82) is 0 Å². The molecule has 3 aromatic carbocycles. The first kappa shape index (κ1) is 36.2. The number of aromatic hydroxyl groups is 2. The smallest absolute Gasteiger partial charge is 0.340 e. The molecule has 0 saturated carbocycles. The quantitative estimate of drug-likeness (QED) is 0.104. The number of fused-ring (bicyclic) bond motifs is 6. The Morgan fingerprint density at radius 2 is 1.21 bits per heavy atom. The summed E-state index contributed by atoms with van der Waals surface area (Å²) in [5.41, 5.74) is 0.810. The lowest BCUT2D eigenvalue weighted by Gasteiger charge is -2.37. The molecule has 0 unspecified atom stereocenters. The van der Waals surface area contributed by atoms with Crippen molar-refractivity contribution in [3.63, 3.8) is 0 Å². The summed E-state index contributed by atoms with van der Waals surface area (Å²) < 4.78 is 13.7. The minimum atomic E-state index is -1.47. The molecule has 0 aliphatic carbocycles. The zero-order valence-electron chi connectivity index (χ0n) is 26.3. The number of rotatable bonds is 15. The Labute approximate surface area is 309 Å². The van der Waals surface area contributed by atoms with Crippen LogP contribution in [0.1, 0.15) is 124 Å². The highest BCUT2D eigenvalue weighted by molar-refractivity contribution is 9.11. The number of nitrogens with one attached hydrogen (secondary N) is 1. The van der Waals surface area contributed by atoms with E-state index >= 15 is 0 Å². The van der Waals surface area contributed by atoms with Crippen LogP contribution in [0.15, 0.2) is 48.2 Å². The second-order valence-corrected chi connectivity index (χ2v) is 15.6. The average molecular weight is 901 g/mol. The molecule has 0 radical (unpaired) electrons. The predicted molar refractivity (Wildman–Crippen MR) is 198 cm³/mol. The van der Waals surface area contributed by atoms with Crippen LogP contribution in [0.3, 0.4) is 0 Å². The fourth-order valence-corrected chi connectivity index (χ4v) is 8.83. The monoisotopic (exact) mass is 897 g/mol. The van der Waals surface area contributed by atoms with Gasteiger partial charge in [0.2, 0.25) is 5.91 Å². The van der Waals surface area contributed by atoms with Crippen LogP contribution in [0, 0.1) is 0 Å². The molecule has 252 valence electrons. The first-order chi connectivity index (χ1) is 22.6. The number of carbonyl (C=O) groups is 2. The third kappa shape index (κ3) is 7.58. The third-order valence-corrected chi connectivity index (χ3v) is 11.6. The van der Waals surface area contributed by atoms with Crippen molar-refractivity contribution in [1.82, 2.24) is 0 Å². The van der Waals surface area contributed by atoms with Gasteiger partial charge in [-0.2, -0.15) is 0 Å². The van der Waals surface area contributed by atoms with Crippen LogP contribution < -0.4 is 10.1 Å². The first-order valence-corrected chi connectivity index (χ1v) is 19.6. The van der Waals surface area contributed by atoms with Crippen molar-refractivity contribution < 1.29 is 29.3 Å². The molecule has 0 fully saturated rings. The first-order valence-electron chi connectivity index (χ1n) is 16.4. The molecule has 2 aliphatic rings. The maximum atomic E-state index is 13.6. The van der Waals surface area contributed by atoms with Gasteiger partial charge in [-0.05, 0) is 94.4 Å². The molecule has 47 heavy (non-hydrogen) atoms. The molecule has 1 spiro atoms. The molecule has 0 atom stereocenters. The number of hydrogen-bond donors (Lipinski definition) is 3. The van der Waals surface area contributed by atoms with E-state index in [1.807, 2.05) is 0 Å². The summed E-state index contributed by atoms with van der Waals surface area (Å²) in [6.07, 6.45) is 16.6. The number of phenols is 2. The van der Waals surface area contributed by atoms with E-state index in [-0.39, 0.29) is 37.9 Å². The average Bonchev–Trinajstić information content (AvgIpc) is 3.34. The molecule has 0 bridgehead atoms. The lowest BCUT2D eigenvalue weighted by Crippen LogP contribution is -2.33. The number of carbonyl (C=O) groups excluding carboxylic acids is 2. The van der Waals surface area contributed by atoms with Gasteiger partial charge in [0.25, 0.3) is 0 Å². The van der Waals surface area contributed by atoms with E-state index in [1.165, 1.54) is 64.2 Å². The van der Waals surface area contributed by atoms with E-state index in [0.29, 0.717) is 43.3 Å². The highest BCUT2D eigenvalue weighted by Gasteiger charge is 2.55. The van der Waals surface area contributed by atoms with Crippen molar-refractivity contribution in [3.05, 3.63) is 70.5 Å². The highest BCUT2D eigenvalue weighted by atomic mass is 79.9. The van der Waals surface area contributed by atoms with Gasteiger partial charge >= 0.3 is 5.97 Å². The molecule has 3 N–H and O–H groups in total. The van der Waals surface area contributed by atoms with Gasteiger partial charge in [0.15, 0.2) is 17.1 Å². The molecule has 5 rings (SSSR count). The molecular weight excluding hydrogens is 862 g/mol. The molecule has 3 aromatic rings. The number of anilines is 1. The fraction of sp³-hybridized carbons (Fsp3) is 0.444. The van der Waals surface area contributed by atoms with Crippen molar-refractivity contribution in [2.24, 2.45) is 0 Å². The lowest BCUT2D eigenvalue weighted by molar-refractivity contribution is -0.116. The summed E-state index contributed by atoms with van der Waals surface area (Å²) in [6.45, 7) is 2.25. The van der Waals surface area contributed by atoms with Crippen molar-refractivity contribution in [3.8, 4) is 23.0 Å². The van der Waals surface area contributed by atoms with Crippen LogP contribution in [0.25, 0.3) is 0 Å². The summed E-state index contributed by atoms with van der Waals surface area (Å²) in [5.74, 6) is -0.390. The molecule has 1 amide bonds. The van der Waals surface area contributed by atoms with E-state index in [9.17, 15) is 19.8 Å². The normalized spacial score (nSPS) is 13.9. The molecule has 2 heterocycles. The minimum absolute atomic E-state index is 0.0917. The standard InChI is InChI=1S/C36H39Br4NO6/c1-2-3-4-5-6-7-8-9-10-11-12-13-14-15-28(42)41-21-16-17-23-22(18-21)35(45)47-36(23)24-19-26(37)31(43)29(39)33(24)46-34-25(36)20-27(38)32(44)30(34)40/h16-20,43-44H,2-15H2,1H3,(H,41,42). The Bertz CT molecular complexity index is 1600. The van der Waals surface area contributed by atoms with Gasteiger partial charge in [-0.3, -0.25) is 4.79 Å². The fourth-order valence-electron chi connectivity index (χ4n) is 6.43. The third-order valence-electron chi connectivity index (χ3n) is 8.92. The van der Waals surface area contributed by atoms with E-state index in [2.05, 4.69) is 76.0 Å². The maximum Gasteiger partial charge on any atom is 0.340 e. The van der Waals surface area contributed by atoms with Gasteiger partial charge in [0.05, 0.1) is 25.6 Å². The molecule has 0 aromatic heterocycles. The SMILES string of the molecule is CCCCCCCCCCCCCCCC(=O)Nc1ccc2c(c1)C(=O)OC21c2cc(Br)c(O)c(Br)c2Oc2c1cc(Br)c(O)c2Br. The van der Waals surface area contributed by atoms with Gasteiger partial charge in [-0.25, -0.2) is 4.79 Å². The number of phenolic OH excluding ortho intramolecular Hbond substituents is 2. The number of benzene rings is 3. The van der Waals surface area contributed by atoms with Crippen molar-refractivity contribution in [2.45, 2.75) is 102 Å². The number of ether oxygens (including phenoxy) is 2. The van der Waals surface area contributed by atoms with E-state index < -0.39 is 11.6 Å². The van der Waals surface area contributed by atoms with E-state index in [1.54, 1.807) is 30.3 Å². The largest absolute Gasteiger partial charge is 0.505 e. The van der Waals surface area contributed by atoms with Crippen molar-refractivity contribution >= 4 is 81.3 Å². The lowest BCUT2D eigenvalue weighted by atomic mass is 9.77. The topological polar surface area (TPSA) is 105 Å². The summed E-state index contributed by atoms with van der Waals surface area (Å²) in [5, 5.41) is 24.3. The second kappa shape index (κ2) is 16.1. The van der Waals surface area contributed by atoms with Crippen LogP contribution in [0.5, 0.6) is 23.0 Å². The van der Waals surface area contributed by atoms with Crippen LogP contribution in [-0.2, 0) is 15.1 Å². The molecule has 7 nitrogen and oxygen atoms in total. The van der Waals surface area contributed by atoms with Gasteiger partial charge < -0.3 is 25.0 Å². The van der Waals surface area contributed by atoms with E-state index in [0.717, 1.165) is 19.3 Å². The molecule has 2 aliphatic heterocycles. The molecular formula is C36H39Br4NO6. The zero-order chi connectivity index (χ0) is 33.7. The summed E-state index contributed by atoms with van der Waals surface area (Å²) in [4.78, 5) is 26.4. The Kier molecular flexibility index (Phi) is 12.4. The summed E-state index contributed by atoms with van der Waals surface area (Å²) in [7, 11) is 0. The van der Waals surface area contributed by atoms with Gasteiger partial charge in [0.1, 0.15) is 20.4 Å². The Balaban J connectivity index is 1.25. The maximum absolute atomic E-state index is 13.6. The molecule has 0 saturated heterocycles. The van der Waals surface area contributed by atoms with Gasteiger partial charge in [-0.1, -0.05) is 90.0 Å². The predicted octanol–water partition coefficient (Wildman–Crippen LogP) is 12.1. The van der Waals surface area contributed by atoms with Crippen LogP contribution in [0.4, 0.5) is 5.69 Å². The van der Waals surface area contributed by atoms with Gasteiger partial charge in [-0.15, -0.1) is 0 Å². The summed E-state index contributed by atoms with van der Waals surface area (Å²) >= 11 is 13.7.